The first-order chi connectivity index (χ1) is 19.2. The Kier molecular flexibility index (Phi) is 20.7. The molecule has 0 radical (unpaired) electrons. The summed E-state index contributed by atoms with van der Waals surface area (Å²) in [6, 6.07) is 0. The molecule has 1 saturated heterocycles. The van der Waals surface area contributed by atoms with Crippen molar-refractivity contribution in [3.63, 3.8) is 0 Å². The molecule has 9 unspecified atom stereocenters. The minimum atomic E-state index is -0.884. The van der Waals surface area contributed by atoms with Gasteiger partial charge in [-0.3, -0.25) is 14.4 Å². The van der Waals surface area contributed by atoms with E-state index < -0.39 is 53.2 Å². The Morgan fingerprint density at radius 3 is 2.11 bits per heavy atom. The topological polar surface area (TPSA) is 125 Å². The van der Waals surface area contributed by atoms with Crippen LogP contribution in [0.15, 0.2) is 0 Å². The van der Waals surface area contributed by atoms with Crippen molar-refractivity contribution in [1.29, 1.82) is 0 Å². The van der Waals surface area contributed by atoms with Crippen LogP contribution in [0.5, 0.6) is 0 Å². The third-order valence-electron chi connectivity index (χ3n) is 10.0. The fourth-order valence-corrected chi connectivity index (χ4v) is 7.88. The maximum Gasteiger partial charge on any atom is 0.347 e. The summed E-state index contributed by atoms with van der Waals surface area (Å²) in [7, 11) is 0. The van der Waals surface area contributed by atoms with E-state index in [4.69, 9.17) is 18.9 Å². The van der Waals surface area contributed by atoms with Gasteiger partial charge in [-0.1, -0.05) is 58.4 Å². The molecule has 9 atom stereocenters. The lowest BCUT2D eigenvalue weighted by Gasteiger charge is -2.38. The maximum atomic E-state index is 13.7. The molecule has 0 amide bonds. The zero-order valence-corrected chi connectivity index (χ0v) is 25.7. The van der Waals surface area contributed by atoms with Crippen molar-refractivity contribution in [3.05, 3.63) is 0 Å². The van der Waals surface area contributed by atoms with E-state index in [1.54, 1.807) is 6.92 Å². The molecule has 4 rings (SSSR count). The molecule has 1 N–H and O–H groups in total. The summed E-state index contributed by atoms with van der Waals surface area (Å²) < 4.78 is 21.9. The first-order valence-corrected chi connectivity index (χ1v) is 15.7. The van der Waals surface area contributed by atoms with E-state index in [-0.39, 0.29) is 87.7 Å². The average Bonchev–Trinajstić information content (AvgIpc) is 3.64. The number of carbonyl (C=O) groups excluding carboxylic acids is 4. The zero-order valence-electron chi connectivity index (χ0n) is 25.7. The summed E-state index contributed by atoms with van der Waals surface area (Å²) in [5.41, 5.74) is -1.10. The molecule has 9 heteroatoms. The Balaban J connectivity index is -0.00000323. The molecule has 4 fully saturated rings. The molecule has 47 heavy (non-hydrogen) atoms. The van der Waals surface area contributed by atoms with E-state index in [0.29, 0.717) is 24.7 Å². The lowest BCUT2D eigenvalue weighted by atomic mass is 9.68. The first kappa shape index (κ1) is 49.2. The summed E-state index contributed by atoms with van der Waals surface area (Å²) in [6.07, 6.45) is 4.97. The van der Waals surface area contributed by atoms with Gasteiger partial charge in [-0.05, 0) is 109 Å². The lowest BCUT2D eigenvalue weighted by Crippen LogP contribution is -2.39. The Bertz CT molecular complexity index is 980. The van der Waals surface area contributed by atoms with Crippen molar-refractivity contribution < 1.29 is 43.2 Å². The minimum Gasteiger partial charge on any atom is -0.463 e. The Hall–Kier alpha value is -2.16. The molecule has 0 aromatic heterocycles. The summed E-state index contributed by atoms with van der Waals surface area (Å²) in [5.74, 6) is -1.74. The van der Waals surface area contributed by atoms with Gasteiger partial charge in [0, 0.05) is 6.42 Å². The number of fused-ring (bicyclic) bond motifs is 2. The van der Waals surface area contributed by atoms with Crippen LogP contribution in [0.2, 0.25) is 0 Å². The minimum absolute atomic E-state index is 0. The van der Waals surface area contributed by atoms with Crippen LogP contribution in [0.1, 0.15) is 150 Å². The number of hydrogen-bond donors (Lipinski definition) is 1. The van der Waals surface area contributed by atoms with E-state index in [9.17, 15) is 24.3 Å². The molecule has 1 aliphatic heterocycles. The quantitative estimate of drug-likeness (QED) is 0.169. The fraction of sp³-hybridized carbons (Fsp3) is 0.895. The molecule has 4 aliphatic rings. The number of esters is 4. The van der Waals surface area contributed by atoms with Gasteiger partial charge >= 0.3 is 23.9 Å². The number of rotatable bonds is 11. The van der Waals surface area contributed by atoms with Crippen LogP contribution in [0.4, 0.5) is 0 Å². The third kappa shape index (κ3) is 12.3. The lowest BCUT2D eigenvalue weighted by molar-refractivity contribution is -0.167. The Morgan fingerprint density at radius 1 is 1.00 bits per heavy atom. The van der Waals surface area contributed by atoms with E-state index in [0.717, 1.165) is 38.5 Å². The van der Waals surface area contributed by atoms with Gasteiger partial charge in [0.1, 0.15) is 11.2 Å². The zero-order chi connectivity index (χ0) is 30.1. The molecule has 9 nitrogen and oxygen atoms in total. The van der Waals surface area contributed by atoms with Crippen LogP contribution in [-0.4, -0.2) is 59.0 Å². The normalized spacial score (nSPS) is 28.5. The smallest absolute Gasteiger partial charge is 0.347 e. The van der Waals surface area contributed by atoms with Gasteiger partial charge in [0.05, 0.1) is 31.0 Å². The van der Waals surface area contributed by atoms with Gasteiger partial charge < -0.3 is 24.1 Å². The highest BCUT2D eigenvalue weighted by molar-refractivity contribution is 5.82. The number of aliphatic hydroxyl groups is 1. The van der Waals surface area contributed by atoms with E-state index in [1.807, 2.05) is 27.7 Å². The van der Waals surface area contributed by atoms with Crippen LogP contribution in [0.3, 0.4) is 0 Å². The van der Waals surface area contributed by atoms with Crippen LogP contribution < -0.4 is 0 Å². The molecule has 1 heterocycles. The second kappa shape index (κ2) is 19.7. The van der Waals surface area contributed by atoms with Gasteiger partial charge in [0.2, 0.25) is 6.10 Å². The predicted octanol–water partition coefficient (Wildman–Crippen LogP) is 8.57. The van der Waals surface area contributed by atoms with Gasteiger partial charge in [0.25, 0.3) is 0 Å². The van der Waals surface area contributed by atoms with Crippen molar-refractivity contribution in [2.24, 2.45) is 41.4 Å². The van der Waals surface area contributed by atoms with Gasteiger partial charge in [-0.2, -0.15) is 0 Å². The summed E-state index contributed by atoms with van der Waals surface area (Å²) in [5, 5.41) is 11.1. The summed E-state index contributed by atoms with van der Waals surface area (Å²) in [4.78, 5) is 50.9. The number of carbonyl (C=O) groups is 4. The van der Waals surface area contributed by atoms with Crippen LogP contribution in [-0.2, 0) is 38.1 Å². The molecule has 3 aliphatic carbocycles. The fourth-order valence-electron chi connectivity index (χ4n) is 7.88. The number of hydrogen-bond acceptors (Lipinski definition) is 9. The van der Waals surface area contributed by atoms with Crippen molar-refractivity contribution in [2.45, 2.75) is 174 Å². The molecule has 280 valence electrons. The highest BCUT2D eigenvalue weighted by Crippen LogP contribution is 2.58. The second-order valence-corrected chi connectivity index (χ2v) is 14.5. The summed E-state index contributed by atoms with van der Waals surface area (Å²) in [6.45, 7) is 11.6. The molecule has 0 spiro atoms. The van der Waals surface area contributed by atoms with Gasteiger partial charge in [0.15, 0.2) is 0 Å². The van der Waals surface area contributed by atoms with E-state index in [1.165, 1.54) is 0 Å². The standard InChI is InChI=1S/C32H50O9.6CH4/c1-18(28(35)39-26-9-12-38-30(26)37)13-21(29(36)41-32(6)10-7-8-11-32)16-22-19(2)20-14-23(22)24(15-20)25(33)17-27(34)40-31(3,4)5;;;;;;/h18-26,33H,7-17H2,1-6H3;6*1H4. The molecule has 3 saturated carbocycles. The van der Waals surface area contributed by atoms with E-state index >= 15 is 0 Å². The Labute approximate surface area is 288 Å². The highest BCUT2D eigenvalue weighted by atomic mass is 16.6. The van der Waals surface area contributed by atoms with Crippen molar-refractivity contribution in [2.75, 3.05) is 6.61 Å². The number of cyclic esters (lactones) is 1. The molecular weight excluding hydrogens is 600 g/mol. The van der Waals surface area contributed by atoms with Crippen LogP contribution in [0, 0.1) is 41.4 Å². The number of aliphatic hydroxyl groups excluding tert-OH is 1. The molecular formula is C38H74O9. The third-order valence-corrected chi connectivity index (χ3v) is 10.0. The van der Waals surface area contributed by atoms with Gasteiger partial charge in [-0.25, -0.2) is 4.79 Å². The molecule has 0 aromatic rings. The predicted molar refractivity (Wildman–Crippen MR) is 190 cm³/mol. The SMILES string of the molecule is C.C.C.C.C.C.CC(CC(CC1C(C)C2CC(C(O)CC(=O)OC(C)(C)C)C1C2)C(=O)OC1(C)CCCC1)C(=O)OC1CCOC1=O. The van der Waals surface area contributed by atoms with Crippen molar-refractivity contribution in [1.82, 2.24) is 0 Å². The highest BCUT2D eigenvalue weighted by Gasteiger charge is 2.54. The number of ether oxygens (including phenoxy) is 4. The summed E-state index contributed by atoms with van der Waals surface area (Å²) >= 11 is 0. The second-order valence-electron chi connectivity index (χ2n) is 14.5. The molecule has 0 aromatic carbocycles. The van der Waals surface area contributed by atoms with Gasteiger partial charge in [-0.15, -0.1) is 0 Å². The van der Waals surface area contributed by atoms with Crippen LogP contribution in [0.25, 0.3) is 0 Å². The average molecular weight is 675 g/mol. The van der Waals surface area contributed by atoms with Crippen molar-refractivity contribution >= 4 is 23.9 Å². The van der Waals surface area contributed by atoms with Crippen LogP contribution >= 0.6 is 0 Å². The Morgan fingerprint density at radius 2 is 1.60 bits per heavy atom. The van der Waals surface area contributed by atoms with Crippen molar-refractivity contribution in [3.8, 4) is 0 Å². The molecule has 2 bridgehead atoms. The first-order valence-electron chi connectivity index (χ1n) is 15.7. The maximum absolute atomic E-state index is 13.7. The largest absolute Gasteiger partial charge is 0.463 e. The monoisotopic (exact) mass is 675 g/mol. The van der Waals surface area contributed by atoms with E-state index in [2.05, 4.69) is 6.92 Å².